The van der Waals surface area contributed by atoms with Crippen LogP contribution in [-0.2, 0) is 11.0 Å². The molecule has 1 saturated heterocycles. The summed E-state index contributed by atoms with van der Waals surface area (Å²) in [6.07, 6.45) is -2.46. The average Bonchev–Trinajstić information content (AvgIpc) is 2.51. The molecule has 1 atom stereocenters. The number of hydrogen-bond acceptors (Lipinski definition) is 2. The fourth-order valence-corrected chi connectivity index (χ4v) is 2.90. The summed E-state index contributed by atoms with van der Waals surface area (Å²) in [5, 5.41) is 8.77. The number of carboxylic acid groups (broad SMARTS) is 1. The molecule has 0 aromatic heterocycles. The summed E-state index contributed by atoms with van der Waals surface area (Å²) in [6, 6.07) is 1.80. The highest BCUT2D eigenvalue weighted by Crippen LogP contribution is 2.32. The minimum atomic E-state index is -4.82. The normalized spacial score (nSPS) is 18.5. The third kappa shape index (κ3) is 4.24. The maximum absolute atomic E-state index is 13.7. The van der Waals surface area contributed by atoms with Gasteiger partial charge in [0.15, 0.2) is 0 Å². The first-order valence-corrected chi connectivity index (χ1v) is 7.59. The van der Waals surface area contributed by atoms with E-state index in [2.05, 4.69) is 0 Å². The molecular weight excluding hydrogens is 330 g/mol. The summed E-state index contributed by atoms with van der Waals surface area (Å²) in [7, 11) is 0. The van der Waals surface area contributed by atoms with E-state index >= 15 is 0 Å². The fourth-order valence-electron chi connectivity index (χ4n) is 2.90. The van der Waals surface area contributed by atoms with E-state index in [1.54, 1.807) is 0 Å². The maximum atomic E-state index is 13.7. The number of amides is 1. The molecule has 8 heteroatoms. The zero-order chi connectivity index (χ0) is 17.9. The van der Waals surface area contributed by atoms with E-state index in [0.717, 1.165) is 18.9 Å². The number of hydrogen-bond donors (Lipinski definition) is 1. The molecule has 0 bridgehead atoms. The van der Waals surface area contributed by atoms with Crippen LogP contribution in [0.5, 0.6) is 0 Å². The van der Waals surface area contributed by atoms with Gasteiger partial charge in [0, 0.05) is 24.6 Å². The van der Waals surface area contributed by atoms with Gasteiger partial charge in [-0.2, -0.15) is 13.2 Å². The van der Waals surface area contributed by atoms with Crippen molar-refractivity contribution < 1.29 is 32.3 Å². The number of carboxylic acids is 1. The highest BCUT2D eigenvalue weighted by atomic mass is 19.4. The molecular formula is C16H17F4NO3. The fraction of sp³-hybridized carbons (Fsp3) is 0.500. The van der Waals surface area contributed by atoms with Crippen LogP contribution >= 0.6 is 0 Å². The first-order valence-electron chi connectivity index (χ1n) is 7.59. The zero-order valence-electron chi connectivity index (χ0n) is 12.8. The van der Waals surface area contributed by atoms with Gasteiger partial charge in [-0.05, 0) is 43.9 Å². The van der Waals surface area contributed by atoms with Crippen molar-refractivity contribution in [2.75, 3.05) is 6.54 Å². The molecule has 1 aliphatic rings. The monoisotopic (exact) mass is 347 g/mol. The molecule has 2 rings (SSSR count). The van der Waals surface area contributed by atoms with Crippen molar-refractivity contribution >= 4 is 11.9 Å². The van der Waals surface area contributed by atoms with Crippen LogP contribution in [-0.4, -0.2) is 34.5 Å². The predicted molar refractivity (Wildman–Crippen MR) is 76.9 cm³/mol. The van der Waals surface area contributed by atoms with Gasteiger partial charge in [0.25, 0.3) is 5.91 Å². The number of alkyl halides is 3. The van der Waals surface area contributed by atoms with E-state index in [1.807, 2.05) is 0 Å². The van der Waals surface area contributed by atoms with E-state index in [1.165, 1.54) is 4.90 Å². The Kier molecular flexibility index (Phi) is 5.46. The Hall–Kier alpha value is -2.12. The minimum Gasteiger partial charge on any atom is -0.481 e. The number of nitrogens with zero attached hydrogens (tertiary/aromatic N) is 1. The quantitative estimate of drug-likeness (QED) is 0.845. The second-order valence-corrected chi connectivity index (χ2v) is 5.77. The molecule has 24 heavy (non-hydrogen) atoms. The smallest absolute Gasteiger partial charge is 0.419 e. The Balaban J connectivity index is 2.19. The second kappa shape index (κ2) is 7.19. The number of benzene rings is 1. The lowest BCUT2D eigenvalue weighted by molar-refractivity contribution is -0.140. The lowest BCUT2D eigenvalue weighted by Crippen LogP contribution is -2.44. The van der Waals surface area contributed by atoms with Crippen molar-refractivity contribution in [1.29, 1.82) is 0 Å². The first kappa shape index (κ1) is 18.2. The molecule has 0 radical (unpaired) electrons. The molecule has 0 saturated carbocycles. The molecule has 132 valence electrons. The van der Waals surface area contributed by atoms with Gasteiger partial charge in [-0.25, -0.2) is 4.39 Å². The number of halogens is 4. The van der Waals surface area contributed by atoms with E-state index in [0.29, 0.717) is 25.1 Å². The van der Waals surface area contributed by atoms with Crippen LogP contribution in [0.4, 0.5) is 17.6 Å². The molecule has 1 unspecified atom stereocenters. The maximum Gasteiger partial charge on any atom is 0.419 e. The Bertz CT molecular complexity index is 630. The molecule has 1 aromatic carbocycles. The third-order valence-corrected chi connectivity index (χ3v) is 4.10. The lowest BCUT2D eigenvalue weighted by atomic mass is 9.96. The molecule has 1 amide bonds. The van der Waals surface area contributed by atoms with Crippen molar-refractivity contribution in [2.24, 2.45) is 0 Å². The molecule has 0 aliphatic carbocycles. The largest absolute Gasteiger partial charge is 0.481 e. The summed E-state index contributed by atoms with van der Waals surface area (Å²) in [4.78, 5) is 24.6. The summed E-state index contributed by atoms with van der Waals surface area (Å²) in [5.41, 5.74) is -1.58. The van der Waals surface area contributed by atoms with Crippen molar-refractivity contribution in [2.45, 2.75) is 44.3 Å². The molecule has 1 fully saturated rings. The summed E-state index contributed by atoms with van der Waals surface area (Å²) in [5.74, 6) is -3.04. The van der Waals surface area contributed by atoms with Crippen molar-refractivity contribution in [1.82, 2.24) is 4.90 Å². The summed E-state index contributed by atoms with van der Waals surface area (Å²) < 4.78 is 51.4. The Morgan fingerprint density at radius 2 is 1.96 bits per heavy atom. The van der Waals surface area contributed by atoms with Gasteiger partial charge >= 0.3 is 12.1 Å². The standard InChI is InChI=1S/C16H17F4NO3/c17-13-9-10(4-6-12(13)16(18,19)20)15(24)21-8-2-1-3-11(21)5-7-14(22)23/h4,6,9,11H,1-3,5,7-8H2,(H,22,23). The molecule has 0 spiro atoms. The topological polar surface area (TPSA) is 57.6 Å². The number of aliphatic carboxylic acids is 1. The first-order chi connectivity index (χ1) is 11.2. The van der Waals surface area contributed by atoms with Crippen LogP contribution < -0.4 is 0 Å². The van der Waals surface area contributed by atoms with Crippen LogP contribution in [0.1, 0.15) is 48.0 Å². The van der Waals surface area contributed by atoms with Crippen molar-refractivity contribution in [3.05, 3.63) is 35.1 Å². The van der Waals surface area contributed by atoms with Gasteiger partial charge in [0.2, 0.25) is 0 Å². The highest BCUT2D eigenvalue weighted by Gasteiger charge is 2.35. The Morgan fingerprint density at radius 1 is 1.25 bits per heavy atom. The van der Waals surface area contributed by atoms with Crippen LogP contribution in [0.25, 0.3) is 0 Å². The van der Waals surface area contributed by atoms with Gasteiger partial charge in [0.05, 0.1) is 5.56 Å². The molecule has 1 N–H and O–H groups in total. The Labute approximate surface area is 136 Å². The van der Waals surface area contributed by atoms with Crippen molar-refractivity contribution in [3.63, 3.8) is 0 Å². The molecule has 1 aromatic rings. The zero-order valence-corrected chi connectivity index (χ0v) is 12.8. The van der Waals surface area contributed by atoms with E-state index in [4.69, 9.17) is 5.11 Å². The number of likely N-dealkylation sites (tertiary alicyclic amines) is 1. The van der Waals surface area contributed by atoms with Gasteiger partial charge in [-0.15, -0.1) is 0 Å². The Morgan fingerprint density at radius 3 is 2.54 bits per heavy atom. The average molecular weight is 347 g/mol. The van der Waals surface area contributed by atoms with E-state index in [-0.39, 0.29) is 24.4 Å². The summed E-state index contributed by atoms with van der Waals surface area (Å²) >= 11 is 0. The van der Waals surface area contributed by atoms with E-state index in [9.17, 15) is 27.2 Å². The number of rotatable bonds is 4. The molecule has 1 heterocycles. The number of piperidine rings is 1. The van der Waals surface area contributed by atoms with Gasteiger partial charge in [-0.1, -0.05) is 0 Å². The number of carbonyl (C=O) groups excluding carboxylic acids is 1. The highest BCUT2D eigenvalue weighted by molar-refractivity contribution is 5.94. The van der Waals surface area contributed by atoms with Gasteiger partial charge < -0.3 is 10.0 Å². The third-order valence-electron chi connectivity index (χ3n) is 4.10. The molecule has 1 aliphatic heterocycles. The molecule has 4 nitrogen and oxygen atoms in total. The van der Waals surface area contributed by atoms with Crippen LogP contribution in [0, 0.1) is 5.82 Å². The summed E-state index contributed by atoms with van der Waals surface area (Å²) in [6.45, 7) is 0.381. The predicted octanol–water partition coefficient (Wildman–Crippen LogP) is 3.70. The number of carbonyl (C=O) groups is 2. The van der Waals surface area contributed by atoms with Crippen molar-refractivity contribution in [3.8, 4) is 0 Å². The minimum absolute atomic E-state index is 0.101. The van der Waals surface area contributed by atoms with Crippen LogP contribution in [0.2, 0.25) is 0 Å². The lowest BCUT2D eigenvalue weighted by Gasteiger charge is -2.35. The van der Waals surface area contributed by atoms with Gasteiger partial charge in [-0.3, -0.25) is 9.59 Å². The van der Waals surface area contributed by atoms with E-state index < -0.39 is 29.4 Å². The van der Waals surface area contributed by atoms with Gasteiger partial charge in [0.1, 0.15) is 5.82 Å². The SMILES string of the molecule is O=C(O)CCC1CCCCN1C(=O)c1ccc(C(F)(F)F)c(F)c1. The van der Waals surface area contributed by atoms with Crippen LogP contribution in [0.15, 0.2) is 18.2 Å². The van der Waals surface area contributed by atoms with Crippen LogP contribution in [0.3, 0.4) is 0 Å². The second-order valence-electron chi connectivity index (χ2n) is 5.77.